The predicted octanol–water partition coefficient (Wildman–Crippen LogP) is 2.31. The Bertz CT molecular complexity index is 520. The minimum absolute atomic E-state index is 0.0667. The van der Waals surface area contributed by atoms with Crippen LogP contribution in [0.3, 0.4) is 0 Å². The zero-order chi connectivity index (χ0) is 15.5. The molecule has 0 fully saturated rings. The minimum atomic E-state index is -0.454. The number of amides is 1. The Kier molecular flexibility index (Phi) is 8.10. The third kappa shape index (κ3) is 6.89. The summed E-state index contributed by atoms with van der Waals surface area (Å²) in [5.41, 5.74) is 0.689. The second-order valence-corrected chi connectivity index (χ2v) is 4.38. The number of aliphatic hydroxyl groups excluding tert-OH is 1. The molecule has 0 aliphatic rings. The minimum Gasteiger partial charge on any atom is -0.395 e. The molecule has 0 bridgehead atoms. The molecule has 2 N–H and O–H groups in total. The lowest BCUT2D eigenvalue weighted by molar-refractivity contribution is -0.117. The third-order valence-corrected chi connectivity index (χ3v) is 2.53. The Labute approximate surface area is 124 Å². The van der Waals surface area contributed by atoms with Crippen molar-refractivity contribution in [2.75, 3.05) is 25.1 Å². The van der Waals surface area contributed by atoms with Crippen LogP contribution in [-0.2, 0) is 9.53 Å². The molecule has 0 spiro atoms. The van der Waals surface area contributed by atoms with Gasteiger partial charge in [0, 0.05) is 18.7 Å². The van der Waals surface area contributed by atoms with Crippen LogP contribution in [-0.4, -0.2) is 30.8 Å². The van der Waals surface area contributed by atoms with E-state index in [2.05, 4.69) is 17.2 Å². The molecule has 114 valence electrons. The van der Waals surface area contributed by atoms with E-state index < -0.39 is 5.82 Å². The zero-order valence-electron chi connectivity index (χ0n) is 12.1. The molecule has 1 aromatic rings. The fourth-order valence-corrected chi connectivity index (χ4v) is 1.55. The second-order valence-electron chi connectivity index (χ2n) is 4.38. The summed E-state index contributed by atoms with van der Waals surface area (Å²) in [6.45, 7) is 2.93. The van der Waals surface area contributed by atoms with E-state index in [1.807, 2.05) is 6.92 Å². The van der Waals surface area contributed by atoms with Crippen molar-refractivity contribution < 1.29 is 19.0 Å². The van der Waals surface area contributed by atoms with Gasteiger partial charge in [-0.25, -0.2) is 4.39 Å². The van der Waals surface area contributed by atoms with Crippen LogP contribution >= 0.6 is 0 Å². The van der Waals surface area contributed by atoms with Gasteiger partial charge in [0.1, 0.15) is 5.82 Å². The van der Waals surface area contributed by atoms with Crippen molar-refractivity contribution in [3.63, 3.8) is 0 Å². The summed E-state index contributed by atoms with van der Waals surface area (Å²) in [6.07, 6.45) is 1.45. The maximum absolute atomic E-state index is 13.5. The highest BCUT2D eigenvalue weighted by Gasteiger charge is 2.05. The van der Waals surface area contributed by atoms with Gasteiger partial charge in [-0.05, 0) is 24.6 Å². The summed E-state index contributed by atoms with van der Waals surface area (Å²) in [5, 5.41) is 11.3. The van der Waals surface area contributed by atoms with Gasteiger partial charge in [-0.3, -0.25) is 4.79 Å². The van der Waals surface area contributed by atoms with Crippen molar-refractivity contribution in [3.8, 4) is 11.8 Å². The molecule has 0 unspecified atom stereocenters. The third-order valence-electron chi connectivity index (χ3n) is 2.53. The molecule has 1 aromatic carbocycles. The van der Waals surface area contributed by atoms with Gasteiger partial charge in [-0.15, -0.1) is 0 Å². The van der Waals surface area contributed by atoms with E-state index in [0.29, 0.717) is 18.9 Å². The van der Waals surface area contributed by atoms with E-state index in [9.17, 15) is 9.18 Å². The van der Waals surface area contributed by atoms with Gasteiger partial charge in [-0.1, -0.05) is 18.8 Å². The SMILES string of the molecule is CCCOCCC(=O)Nc1ccc(F)c(C#CCCO)c1. The molecule has 0 aliphatic carbocycles. The lowest BCUT2D eigenvalue weighted by atomic mass is 10.2. The number of halogens is 1. The van der Waals surface area contributed by atoms with Crippen molar-refractivity contribution in [2.45, 2.75) is 26.2 Å². The van der Waals surface area contributed by atoms with E-state index in [4.69, 9.17) is 9.84 Å². The van der Waals surface area contributed by atoms with E-state index in [1.54, 1.807) is 0 Å². The van der Waals surface area contributed by atoms with Crippen molar-refractivity contribution >= 4 is 11.6 Å². The fraction of sp³-hybridized carbons (Fsp3) is 0.438. The molecular weight excluding hydrogens is 273 g/mol. The van der Waals surface area contributed by atoms with Crippen molar-refractivity contribution in [1.82, 2.24) is 0 Å². The van der Waals surface area contributed by atoms with Gasteiger partial charge < -0.3 is 15.2 Å². The van der Waals surface area contributed by atoms with Crippen molar-refractivity contribution in [1.29, 1.82) is 0 Å². The Morgan fingerprint density at radius 2 is 2.24 bits per heavy atom. The molecule has 0 atom stereocenters. The normalized spacial score (nSPS) is 9.86. The molecule has 5 heteroatoms. The first kappa shape index (κ1) is 17.2. The van der Waals surface area contributed by atoms with Crippen molar-refractivity contribution in [3.05, 3.63) is 29.6 Å². The van der Waals surface area contributed by atoms with Crippen LogP contribution in [0.15, 0.2) is 18.2 Å². The molecule has 1 amide bonds. The van der Waals surface area contributed by atoms with E-state index in [0.717, 1.165) is 6.42 Å². The molecule has 0 aromatic heterocycles. The quantitative estimate of drug-likeness (QED) is 0.599. The van der Waals surface area contributed by atoms with E-state index in [-0.39, 0.29) is 30.9 Å². The van der Waals surface area contributed by atoms with Crippen LogP contribution in [0.4, 0.5) is 10.1 Å². The highest BCUT2D eigenvalue weighted by molar-refractivity contribution is 5.90. The second kappa shape index (κ2) is 9.92. The van der Waals surface area contributed by atoms with Gasteiger partial charge >= 0.3 is 0 Å². The molecule has 0 saturated heterocycles. The van der Waals surface area contributed by atoms with Gasteiger partial charge in [0.25, 0.3) is 0 Å². The number of carbonyl (C=O) groups excluding carboxylic acids is 1. The number of nitrogens with one attached hydrogen (secondary N) is 1. The number of benzene rings is 1. The molecule has 1 rings (SSSR count). The topological polar surface area (TPSA) is 58.6 Å². The smallest absolute Gasteiger partial charge is 0.226 e. The first-order valence-corrected chi connectivity index (χ1v) is 6.94. The van der Waals surface area contributed by atoms with Gasteiger partial charge in [-0.2, -0.15) is 0 Å². The predicted molar refractivity (Wildman–Crippen MR) is 79.3 cm³/mol. The number of aliphatic hydroxyl groups is 1. The highest BCUT2D eigenvalue weighted by Crippen LogP contribution is 2.14. The largest absolute Gasteiger partial charge is 0.395 e. The standard InChI is InChI=1S/C16H20FNO3/c1-2-10-21-11-8-16(20)18-14-6-7-15(17)13(12-14)5-3-4-9-19/h6-7,12,19H,2,4,8-11H2,1H3,(H,18,20). The molecule has 4 nitrogen and oxygen atoms in total. The maximum Gasteiger partial charge on any atom is 0.226 e. The number of rotatable bonds is 7. The Balaban J connectivity index is 2.57. The number of ether oxygens (including phenoxy) is 1. The van der Waals surface area contributed by atoms with Crippen LogP contribution in [0, 0.1) is 17.7 Å². The number of anilines is 1. The average Bonchev–Trinajstić information content (AvgIpc) is 2.47. The number of carbonyl (C=O) groups is 1. The van der Waals surface area contributed by atoms with Crippen LogP contribution in [0.5, 0.6) is 0 Å². The molecule has 21 heavy (non-hydrogen) atoms. The Morgan fingerprint density at radius 3 is 2.95 bits per heavy atom. The van der Waals surface area contributed by atoms with Crippen LogP contribution in [0.25, 0.3) is 0 Å². The summed E-state index contributed by atoms with van der Waals surface area (Å²) in [7, 11) is 0. The summed E-state index contributed by atoms with van der Waals surface area (Å²) in [4.78, 5) is 11.7. The first-order chi connectivity index (χ1) is 10.2. The lowest BCUT2D eigenvalue weighted by Crippen LogP contribution is -2.14. The number of hydrogen-bond donors (Lipinski definition) is 2. The van der Waals surface area contributed by atoms with Gasteiger partial charge in [0.2, 0.25) is 5.91 Å². The summed E-state index contributed by atoms with van der Waals surface area (Å²) >= 11 is 0. The fourth-order valence-electron chi connectivity index (χ4n) is 1.55. The van der Waals surface area contributed by atoms with Crippen LogP contribution in [0.1, 0.15) is 31.7 Å². The molecule has 0 saturated carbocycles. The summed E-state index contributed by atoms with van der Waals surface area (Å²) in [5.74, 6) is 4.63. The average molecular weight is 293 g/mol. The summed E-state index contributed by atoms with van der Waals surface area (Å²) < 4.78 is 18.8. The van der Waals surface area contributed by atoms with Gasteiger partial charge in [0.15, 0.2) is 0 Å². The summed E-state index contributed by atoms with van der Waals surface area (Å²) in [6, 6.07) is 4.22. The monoisotopic (exact) mass is 293 g/mol. The van der Waals surface area contributed by atoms with Crippen LogP contribution in [0.2, 0.25) is 0 Å². The Hall–Kier alpha value is -1.90. The maximum atomic E-state index is 13.5. The Morgan fingerprint density at radius 1 is 1.43 bits per heavy atom. The van der Waals surface area contributed by atoms with Crippen LogP contribution < -0.4 is 5.32 Å². The van der Waals surface area contributed by atoms with E-state index >= 15 is 0 Å². The molecule has 0 heterocycles. The van der Waals surface area contributed by atoms with Crippen molar-refractivity contribution in [2.24, 2.45) is 0 Å². The van der Waals surface area contributed by atoms with E-state index in [1.165, 1.54) is 18.2 Å². The zero-order valence-corrected chi connectivity index (χ0v) is 12.1. The molecule has 0 aliphatic heterocycles. The number of hydrogen-bond acceptors (Lipinski definition) is 3. The molecule has 0 radical (unpaired) electrons. The highest BCUT2D eigenvalue weighted by atomic mass is 19.1. The first-order valence-electron chi connectivity index (χ1n) is 6.94. The lowest BCUT2D eigenvalue weighted by Gasteiger charge is -2.06. The molecular formula is C16H20FNO3. The van der Waals surface area contributed by atoms with Gasteiger partial charge in [0.05, 0.1) is 25.2 Å².